The normalized spacial score (nSPS) is 11.6. The number of fused-ring (bicyclic) bond motifs is 1. The summed E-state index contributed by atoms with van der Waals surface area (Å²) in [5.41, 5.74) is 0.225. The molecule has 0 aliphatic heterocycles. The fourth-order valence-corrected chi connectivity index (χ4v) is 2.62. The van der Waals surface area contributed by atoms with E-state index >= 15 is 0 Å². The first-order valence-corrected chi connectivity index (χ1v) is 8.23. The minimum Gasteiger partial charge on any atom is -0.337 e. The van der Waals surface area contributed by atoms with E-state index in [2.05, 4.69) is 35.5 Å². The molecule has 2 N–H and O–H groups in total. The molecule has 0 aliphatic carbocycles. The van der Waals surface area contributed by atoms with Crippen LogP contribution < -0.4 is 10.6 Å². The van der Waals surface area contributed by atoms with Crippen molar-refractivity contribution in [2.24, 2.45) is 0 Å². The molecule has 4 aromatic rings. The number of hydrogen-bond acceptors (Lipinski definition) is 7. The number of hydrogen-bond donors (Lipinski definition) is 2. The summed E-state index contributed by atoms with van der Waals surface area (Å²) in [5, 5.41) is 13.6. The number of rotatable bonds is 4. The van der Waals surface area contributed by atoms with E-state index in [1.54, 1.807) is 24.3 Å². The molecular weight excluding hydrogens is 397 g/mol. The highest BCUT2D eigenvalue weighted by Crippen LogP contribution is 2.33. The van der Waals surface area contributed by atoms with Crippen molar-refractivity contribution in [1.29, 1.82) is 0 Å². The first-order valence-electron chi connectivity index (χ1n) is 7.86. The third-order valence-corrected chi connectivity index (χ3v) is 3.89. The van der Waals surface area contributed by atoms with Gasteiger partial charge in [0.1, 0.15) is 0 Å². The van der Waals surface area contributed by atoms with Crippen LogP contribution in [-0.4, -0.2) is 20.3 Å². The Morgan fingerprint density at radius 1 is 0.821 bits per heavy atom. The fraction of sp³-hybridized carbons (Fsp3) is 0.0588. The Balaban J connectivity index is 1.73. The van der Waals surface area contributed by atoms with Crippen molar-refractivity contribution in [1.82, 2.24) is 20.3 Å². The van der Waals surface area contributed by atoms with Crippen molar-refractivity contribution in [3.63, 3.8) is 0 Å². The molecule has 0 fully saturated rings. The van der Waals surface area contributed by atoms with Crippen molar-refractivity contribution in [2.75, 3.05) is 10.6 Å². The van der Waals surface area contributed by atoms with Crippen LogP contribution in [0.15, 0.2) is 53.2 Å². The molecule has 0 aliphatic rings. The van der Waals surface area contributed by atoms with Crippen molar-refractivity contribution in [2.45, 2.75) is 6.18 Å². The smallest absolute Gasteiger partial charge is 0.337 e. The molecule has 2 aromatic heterocycles. The highest BCUT2D eigenvalue weighted by atomic mass is 35.5. The average molecular weight is 407 g/mol. The zero-order valence-electron chi connectivity index (χ0n) is 13.8. The fourth-order valence-electron chi connectivity index (χ4n) is 2.43. The van der Waals surface area contributed by atoms with E-state index in [4.69, 9.17) is 11.6 Å². The van der Waals surface area contributed by atoms with Crippen LogP contribution >= 0.6 is 11.6 Å². The van der Waals surface area contributed by atoms with Gasteiger partial charge < -0.3 is 10.6 Å². The molecule has 11 heteroatoms. The Morgan fingerprint density at radius 2 is 1.39 bits per heavy atom. The van der Waals surface area contributed by atoms with Gasteiger partial charge in [-0.3, -0.25) is 0 Å². The summed E-state index contributed by atoms with van der Waals surface area (Å²) in [6.07, 6.45) is -4.47. The molecule has 7 nitrogen and oxygen atoms in total. The number of anilines is 4. The molecule has 0 saturated carbocycles. The summed E-state index contributed by atoms with van der Waals surface area (Å²) in [4.78, 5) is 8.48. The quantitative estimate of drug-likeness (QED) is 0.483. The van der Waals surface area contributed by atoms with E-state index in [1.165, 1.54) is 12.1 Å². The summed E-state index contributed by atoms with van der Waals surface area (Å²) >= 11 is 5.98. The maximum Gasteiger partial charge on any atom is 0.416 e. The molecule has 0 unspecified atom stereocenters. The topological polar surface area (TPSA) is 88.8 Å². The highest BCUT2D eigenvalue weighted by molar-refractivity contribution is 6.30. The van der Waals surface area contributed by atoms with Crippen molar-refractivity contribution in [3.05, 3.63) is 59.1 Å². The molecule has 2 heterocycles. The second-order valence-corrected chi connectivity index (χ2v) is 6.11. The van der Waals surface area contributed by atoms with E-state index in [9.17, 15) is 13.2 Å². The Labute approximate surface area is 160 Å². The lowest BCUT2D eigenvalue weighted by atomic mass is 10.2. The van der Waals surface area contributed by atoms with Gasteiger partial charge in [0.25, 0.3) is 0 Å². The SMILES string of the molecule is FC(F)(F)c1cccc(Nc2nc3nonc3nc2Nc2cccc(Cl)c2)c1. The predicted molar refractivity (Wildman–Crippen MR) is 96.9 cm³/mol. The first-order chi connectivity index (χ1) is 13.4. The molecule has 0 atom stereocenters. The maximum atomic E-state index is 13.0. The minimum atomic E-state index is -4.47. The van der Waals surface area contributed by atoms with Gasteiger partial charge in [-0.2, -0.15) is 13.2 Å². The molecule has 0 saturated heterocycles. The third kappa shape index (κ3) is 3.81. The standard InChI is InChI=1S/C17H10ClF3N6O/c18-10-4-2-6-12(8-10)23-14-13(24-15-16(25-14)27-28-26-15)22-11-5-1-3-9(7-11)17(19,20)21/h1-8H,(H,22,24,26)(H,23,25,27). The predicted octanol–water partition coefficient (Wildman–Crippen LogP) is 5.17. The molecule has 142 valence electrons. The number of benzene rings is 2. The van der Waals surface area contributed by atoms with Gasteiger partial charge in [0.05, 0.1) is 5.56 Å². The van der Waals surface area contributed by atoms with E-state index in [0.29, 0.717) is 10.7 Å². The molecule has 2 aromatic carbocycles. The third-order valence-electron chi connectivity index (χ3n) is 3.65. The zero-order chi connectivity index (χ0) is 19.7. The van der Waals surface area contributed by atoms with Gasteiger partial charge in [-0.1, -0.05) is 23.7 Å². The molecule has 0 radical (unpaired) electrons. The number of nitrogens with zero attached hydrogens (tertiary/aromatic N) is 4. The molecule has 0 bridgehead atoms. The summed E-state index contributed by atoms with van der Waals surface area (Å²) in [7, 11) is 0. The van der Waals surface area contributed by atoms with Crippen LogP contribution in [0.1, 0.15) is 5.56 Å². The van der Waals surface area contributed by atoms with Gasteiger partial charge in [-0.05, 0) is 46.7 Å². The monoisotopic (exact) mass is 406 g/mol. The molecule has 0 spiro atoms. The number of aromatic nitrogens is 4. The van der Waals surface area contributed by atoms with Crippen molar-refractivity contribution < 1.29 is 17.8 Å². The van der Waals surface area contributed by atoms with E-state index < -0.39 is 11.7 Å². The van der Waals surface area contributed by atoms with Crippen LogP contribution in [0.3, 0.4) is 0 Å². The maximum absolute atomic E-state index is 13.0. The Kier molecular flexibility index (Phi) is 4.47. The van der Waals surface area contributed by atoms with E-state index in [-0.39, 0.29) is 28.6 Å². The molecule has 4 rings (SSSR count). The molecule has 28 heavy (non-hydrogen) atoms. The van der Waals surface area contributed by atoms with Gasteiger partial charge in [-0.15, -0.1) is 0 Å². The van der Waals surface area contributed by atoms with Crippen LogP contribution in [0.4, 0.5) is 36.2 Å². The number of nitrogens with one attached hydrogen (secondary N) is 2. The highest BCUT2D eigenvalue weighted by Gasteiger charge is 2.30. The van der Waals surface area contributed by atoms with Crippen LogP contribution in [0.5, 0.6) is 0 Å². The number of halogens is 4. The van der Waals surface area contributed by atoms with Crippen LogP contribution in [0.25, 0.3) is 11.3 Å². The van der Waals surface area contributed by atoms with Gasteiger partial charge in [0.2, 0.25) is 11.3 Å². The van der Waals surface area contributed by atoms with E-state index in [1.807, 2.05) is 0 Å². The second-order valence-electron chi connectivity index (χ2n) is 5.67. The Morgan fingerprint density at radius 3 is 1.96 bits per heavy atom. The minimum absolute atomic E-state index is 0.103. The summed E-state index contributed by atoms with van der Waals surface area (Å²) in [6, 6.07) is 11.5. The summed E-state index contributed by atoms with van der Waals surface area (Å²) in [5.74, 6) is 0.352. The van der Waals surface area contributed by atoms with Crippen molar-refractivity contribution in [3.8, 4) is 0 Å². The lowest BCUT2D eigenvalue weighted by Crippen LogP contribution is -2.06. The van der Waals surface area contributed by atoms with Gasteiger partial charge in [0.15, 0.2) is 11.6 Å². The van der Waals surface area contributed by atoms with Gasteiger partial charge in [0, 0.05) is 16.4 Å². The zero-order valence-corrected chi connectivity index (χ0v) is 14.6. The summed E-state index contributed by atoms with van der Waals surface area (Å²) < 4.78 is 43.5. The van der Waals surface area contributed by atoms with Crippen LogP contribution in [0, 0.1) is 0 Å². The van der Waals surface area contributed by atoms with Gasteiger partial charge >= 0.3 is 6.18 Å². The first kappa shape index (κ1) is 18.0. The van der Waals surface area contributed by atoms with E-state index in [0.717, 1.165) is 12.1 Å². The second kappa shape index (κ2) is 6.97. The lowest BCUT2D eigenvalue weighted by Gasteiger charge is -2.13. The van der Waals surface area contributed by atoms with Gasteiger partial charge in [-0.25, -0.2) is 14.6 Å². The molecule has 0 amide bonds. The van der Waals surface area contributed by atoms with Crippen molar-refractivity contribution >= 4 is 45.9 Å². The number of alkyl halides is 3. The molecular formula is C17H10ClF3N6O. The Hall–Kier alpha value is -3.40. The average Bonchev–Trinajstić information content (AvgIpc) is 3.09. The van der Waals surface area contributed by atoms with Crippen LogP contribution in [0.2, 0.25) is 5.02 Å². The Bertz CT molecular complexity index is 1150. The summed E-state index contributed by atoms with van der Waals surface area (Å²) in [6.45, 7) is 0. The van der Waals surface area contributed by atoms with Crippen LogP contribution in [-0.2, 0) is 6.18 Å². The lowest BCUT2D eigenvalue weighted by molar-refractivity contribution is -0.137. The largest absolute Gasteiger partial charge is 0.416 e.